The Balaban J connectivity index is 1.94. The third kappa shape index (κ3) is 4.29. The number of esters is 1. The van der Waals surface area contributed by atoms with E-state index in [-0.39, 0.29) is 5.97 Å². The molecule has 0 fully saturated rings. The van der Waals surface area contributed by atoms with Gasteiger partial charge in [0.05, 0.1) is 17.9 Å². The van der Waals surface area contributed by atoms with Crippen LogP contribution in [0.2, 0.25) is 5.02 Å². The largest absolute Gasteiger partial charge is 0.462 e. The van der Waals surface area contributed by atoms with E-state index in [0.717, 1.165) is 28.3 Å². The topological polar surface area (TPSA) is 43.6 Å². The van der Waals surface area contributed by atoms with E-state index in [4.69, 9.17) is 16.3 Å². The first-order valence-electron chi connectivity index (χ1n) is 8.75. The van der Waals surface area contributed by atoms with Gasteiger partial charge in [0.2, 0.25) is 0 Å². The second-order valence-corrected chi connectivity index (χ2v) is 6.61. The molecular formula is C22H21ClN2O2. The first kappa shape index (κ1) is 18.9. The molecule has 3 aromatic rings. The smallest absolute Gasteiger partial charge is 0.338 e. The third-order valence-corrected chi connectivity index (χ3v) is 4.48. The summed E-state index contributed by atoms with van der Waals surface area (Å²) in [5.74, 6) is -0.315. The van der Waals surface area contributed by atoms with E-state index >= 15 is 0 Å². The molecule has 27 heavy (non-hydrogen) atoms. The van der Waals surface area contributed by atoms with Gasteiger partial charge in [-0.3, -0.25) is 4.99 Å². The fourth-order valence-corrected chi connectivity index (χ4v) is 3.19. The van der Waals surface area contributed by atoms with Crippen LogP contribution in [0.1, 0.15) is 34.2 Å². The first-order valence-corrected chi connectivity index (χ1v) is 9.13. The molecule has 0 aliphatic heterocycles. The van der Waals surface area contributed by atoms with Crippen LogP contribution in [-0.4, -0.2) is 23.4 Å². The summed E-state index contributed by atoms with van der Waals surface area (Å²) in [4.78, 5) is 16.5. The molecule has 0 saturated heterocycles. The van der Waals surface area contributed by atoms with E-state index in [0.29, 0.717) is 17.2 Å². The van der Waals surface area contributed by atoms with Crippen molar-refractivity contribution in [3.63, 3.8) is 0 Å². The Hall–Kier alpha value is -2.85. The molecule has 0 aliphatic carbocycles. The maximum absolute atomic E-state index is 12.0. The average Bonchev–Trinajstić information content (AvgIpc) is 2.94. The van der Waals surface area contributed by atoms with E-state index in [1.54, 1.807) is 13.0 Å². The van der Waals surface area contributed by atoms with Crippen LogP contribution in [0.4, 0.5) is 5.69 Å². The van der Waals surface area contributed by atoms with Gasteiger partial charge in [-0.05, 0) is 63.2 Å². The quantitative estimate of drug-likeness (QED) is 0.422. The minimum atomic E-state index is -0.315. The molecular weight excluding hydrogens is 360 g/mol. The predicted molar refractivity (Wildman–Crippen MR) is 110 cm³/mol. The summed E-state index contributed by atoms with van der Waals surface area (Å²) in [6, 6.07) is 16.9. The summed E-state index contributed by atoms with van der Waals surface area (Å²) in [6.07, 6.45) is 1.83. The molecule has 5 heteroatoms. The van der Waals surface area contributed by atoms with Crippen molar-refractivity contribution in [2.75, 3.05) is 6.61 Å². The lowest BCUT2D eigenvalue weighted by atomic mass is 10.2. The zero-order valence-corrected chi connectivity index (χ0v) is 16.3. The highest BCUT2D eigenvalue weighted by Gasteiger charge is 2.12. The van der Waals surface area contributed by atoms with Gasteiger partial charge in [-0.2, -0.15) is 0 Å². The first-order chi connectivity index (χ1) is 13.0. The normalized spacial score (nSPS) is 11.1. The Morgan fingerprint density at radius 1 is 1.15 bits per heavy atom. The number of hydrogen-bond acceptors (Lipinski definition) is 3. The Bertz CT molecular complexity index is 1010. The van der Waals surface area contributed by atoms with Crippen LogP contribution in [0, 0.1) is 13.8 Å². The minimum Gasteiger partial charge on any atom is -0.462 e. The average molecular weight is 381 g/mol. The van der Waals surface area contributed by atoms with Crippen molar-refractivity contribution >= 4 is 29.5 Å². The number of rotatable bonds is 5. The second kappa shape index (κ2) is 8.23. The summed E-state index contributed by atoms with van der Waals surface area (Å²) in [7, 11) is 0. The van der Waals surface area contributed by atoms with Gasteiger partial charge >= 0.3 is 5.97 Å². The highest BCUT2D eigenvalue weighted by Crippen LogP contribution is 2.22. The van der Waals surface area contributed by atoms with Gasteiger partial charge in [-0.15, -0.1) is 0 Å². The van der Waals surface area contributed by atoms with Crippen LogP contribution in [0.15, 0.2) is 59.6 Å². The maximum Gasteiger partial charge on any atom is 0.338 e. The lowest BCUT2D eigenvalue weighted by Gasteiger charge is -2.11. The molecule has 138 valence electrons. The number of nitrogens with zero attached hydrogens (tertiary/aromatic N) is 2. The maximum atomic E-state index is 12.0. The number of halogens is 1. The lowest BCUT2D eigenvalue weighted by molar-refractivity contribution is 0.0526. The number of ether oxygens (including phenoxy) is 1. The molecule has 0 aliphatic rings. The van der Waals surface area contributed by atoms with Crippen molar-refractivity contribution in [3.8, 4) is 5.69 Å². The summed E-state index contributed by atoms with van der Waals surface area (Å²) in [5, 5.41) is 0.658. The molecule has 0 spiro atoms. The number of aliphatic imine (C=N–C) groups is 1. The summed E-state index contributed by atoms with van der Waals surface area (Å²) < 4.78 is 7.20. The minimum absolute atomic E-state index is 0.315. The number of aromatic nitrogens is 1. The van der Waals surface area contributed by atoms with Gasteiger partial charge < -0.3 is 9.30 Å². The molecule has 0 atom stereocenters. The van der Waals surface area contributed by atoms with Crippen LogP contribution >= 0.6 is 11.6 Å². The highest BCUT2D eigenvalue weighted by molar-refractivity contribution is 6.30. The Morgan fingerprint density at radius 2 is 1.93 bits per heavy atom. The van der Waals surface area contributed by atoms with Crippen molar-refractivity contribution in [3.05, 3.63) is 82.1 Å². The van der Waals surface area contributed by atoms with Gasteiger partial charge in [0, 0.05) is 33.9 Å². The van der Waals surface area contributed by atoms with Gasteiger partial charge in [-0.25, -0.2) is 4.79 Å². The highest BCUT2D eigenvalue weighted by atomic mass is 35.5. The Morgan fingerprint density at radius 3 is 2.67 bits per heavy atom. The fraction of sp³-hybridized carbons (Fsp3) is 0.182. The zero-order chi connectivity index (χ0) is 19.4. The molecule has 4 nitrogen and oxygen atoms in total. The molecule has 3 rings (SSSR count). The number of benzene rings is 2. The predicted octanol–water partition coefficient (Wildman–Crippen LogP) is 5.67. The Kier molecular flexibility index (Phi) is 5.77. The SMILES string of the molecule is CCOC(=O)c1cccc(-n2c(C)cc(C=Nc3cccc(Cl)c3)c2C)c1. The molecule has 0 unspecified atom stereocenters. The van der Waals surface area contributed by atoms with Gasteiger partial charge in [0.25, 0.3) is 0 Å². The van der Waals surface area contributed by atoms with Crippen LogP contribution in [-0.2, 0) is 4.74 Å². The molecule has 1 aromatic heterocycles. The molecule has 0 radical (unpaired) electrons. The monoisotopic (exact) mass is 380 g/mol. The van der Waals surface area contributed by atoms with Crippen molar-refractivity contribution < 1.29 is 9.53 Å². The summed E-state index contributed by atoms with van der Waals surface area (Å²) in [6.45, 7) is 6.21. The van der Waals surface area contributed by atoms with E-state index in [1.807, 2.05) is 62.5 Å². The van der Waals surface area contributed by atoms with Crippen molar-refractivity contribution in [1.82, 2.24) is 4.57 Å². The van der Waals surface area contributed by atoms with Crippen LogP contribution in [0.25, 0.3) is 5.69 Å². The standard InChI is InChI=1S/C22H21ClN2O2/c1-4-27-22(26)17-7-5-10-21(12-17)25-15(2)11-18(16(25)3)14-24-20-9-6-8-19(23)13-20/h5-14H,4H2,1-3H3. The summed E-state index contributed by atoms with van der Waals surface area (Å²) >= 11 is 6.01. The van der Waals surface area contributed by atoms with E-state index in [1.165, 1.54) is 0 Å². The van der Waals surface area contributed by atoms with E-state index in [2.05, 4.69) is 15.6 Å². The number of hydrogen-bond donors (Lipinski definition) is 0. The molecule has 2 aromatic carbocycles. The van der Waals surface area contributed by atoms with Crippen LogP contribution in [0.3, 0.4) is 0 Å². The third-order valence-electron chi connectivity index (χ3n) is 4.25. The fourth-order valence-electron chi connectivity index (χ4n) is 3.00. The molecule has 1 heterocycles. The van der Waals surface area contributed by atoms with E-state index in [9.17, 15) is 4.79 Å². The lowest BCUT2D eigenvalue weighted by Crippen LogP contribution is -2.06. The number of carbonyl (C=O) groups excluding carboxylic acids is 1. The van der Waals surface area contributed by atoms with Crippen LogP contribution in [0.5, 0.6) is 0 Å². The Labute approximate surface area is 164 Å². The van der Waals surface area contributed by atoms with Crippen molar-refractivity contribution in [1.29, 1.82) is 0 Å². The number of carbonyl (C=O) groups is 1. The van der Waals surface area contributed by atoms with Gasteiger partial charge in [0.15, 0.2) is 0 Å². The van der Waals surface area contributed by atoms with Gasteiger partial charge in [0.1, 0.15) is 0 Å². The second-order valence-electron chi connectivity index (χ2n) is 6.17. The van der Waals surface area contributed by atoms with Crippen molar-refractivity contribution in [2.24, 2.45) is 4.99 Å². The van der Waals surface area contributed by atoms with Crippen LogP contribution < -0.4 is 0 Å². The van der Waals surface area contributed by atoms with Crippen molar-refractivity contribution in [2.45, 2.75) is 20.8 Å². The van der Waals surface area contributed by atoms with E-state index < -0.39 is 0 Å². The molecule has 0 amide bonds. The van der Waals surface area contributed by atoms with Gasteiger partial charge in [-0.1, -0.05) is 23.7 Å². The zero-order valence-electron chi connectivity index (χ0n) is 15.6. The molecule has 0 N–H and O–H groups in total. The number of aryl methyl sites for hydroxylation is 1. The summed E-state index contributed by atoms with van der Waals surface area (Å²) in [5.41, 5.74) is 5.36. The molecule has 0 saturated carbocycles. The molecule has 0 bridgehead atoms.